The van der Waals surface area contributed by atoms with Crippen molar-refractivity contribution < 1.29 is 42.7 Å². The maximum absolute atomic E-state index is 13.8. The Balaban J connectivity index is 1.38. The second kappa shape index (κ2) is 18.1. The molecule has 2 N–H and O–H groups in total. The van der Waals surface area contributed by atoms with Gasteiger partial charge in [0.1, 0.15) is 41.2 Å². The number of unbranched alkanes of at least 4 members (excludes halogenated alkanes) is 1. The Morgan fingerprint density at radius 3 is 2.67 bits per heavy atom. The molecule has 2 aliphatic rings. The molecule has 0 aliphatic carbocycles. The molecule has 274 valence electrons. The molecule has 1 fully saturated rings. The highest BCUT2D eigenvalue weighted by Crippen LogP contribution is 2.36. The van der Waals surface area contributed by atoms with E-state index in [0.717, 1.165) is 25.2 Å². The molecule has 5 rings (SSSR count). The molecule has 2 unspecified atom stereocenters. The van der Waals surface area contributed by atoms with Gasteiger partial charge in [0.05, 0.1) is 24.8 Å². The molecule has 0 saturated carbocycles. The second-order valence-corrected chi connectivity index (χ2v) is 13.1. The molecule has 51 heavy (non-hydrogen) atoms. The predicted octanol–water partition coefficient (Wildman–Crippen LogP) is 6.24. The standard InChI is InChI=1S/C39H49N3O9/c1-26-16-17-31(49-37(43)28-12-7-6-8-13-28)36-32(50-39(3,4)51-36)15-11-14-29-22-30(46-21-10-9-18-40-24-34-41-19-20-42-34)23-33(47-25-45-5)35(29)38(44)48-27(26)2/h6-8,11-14,16-17,19-20,22-23,26-27,31-32,36,40H,9-10,15,18,21,24-25H2,1-5H3,(H,41,42)/b14-11+,17-16-/t26-,27+,31?,32+,36?/m1/s1. The number of carbonyl (C=O) groups excluding carboxylic acids is 2. The van der Waals surface area contributed by atoms with Crippen LogP contribution in [0.2, 0.25) is 0 Å². The van der Waals surface area contributed by atoms with E-state index < -0.39 is 42.1 Å². The van der Waals surface area contributed by atoms with Crippen molar-refractivity contribution in [1.82, 2.24) is 15.3 Å². The summed E-state index contributed by atoms with van der Waals surface area (Å²) in [5, 5.41) is 3.36. The first kappa shape index (κ1) is 37.8. The summed E-state index contributed by atoms with van der Waals surface area (Å²) in [7, 11) is 1.51. The van der Waals surface area contributed by atoms with Gasteiger partial charge in [-0.25, -0.2) is 14.6 Å². The summed E-state index contributed by atoms with van der Waals surface area (Å²) in [6.45, 7) is 9.29. The number of nitrogens with one attached hydrogen (secondary N) is 2. The summed E-state index contributed by atoms with van der Waals surface area (Å²) in [4.78, 5) is 34.3. The van der Waals surface area contributed by atoms with Gasteiger partial charge in [-0.15, -0.1) is 0 Å². The monoisotopic (exact) mass is 703 g/mol. The van der Waals surface area contributed by atoms with Crippen LogP contribution in [0.5, 0.6) is 11.5 Å². The fraction of sp³-hybridized carbons (Fsp3) is 0.462. The third kappa shape index (κ3) is 10.8. The van der Waals surface area contributed by atoms with Gasteiger partial charge < -0.3 is 43.5 Å². The van der Waals surface area contributed by atoms with Crippen molar-refractivity contribution in [3.8, 4) is 11.5 Å². The van der Waals surface area contributed by atoms with E-state index in [2.05, 4.69) is 15.3 Å². The molecule has 0 bridgehead atoms. The first-order chi connectivity index (χ1) is 24.6. The van der Waals surface area contributed by atoms with Crippen LogP contribution in [0.25, 0.3) is 6.08 Å². The molecular formula is C39H49N3O9. The van der Waals surface area contributed by atoms with Crippen LogP contribution in [0.4, 0.5) is 0 Å². The molecule has 0 spiro atoms. The van der Waals surface area contributed by atoms with Crippen LogP contribution in [0, 0.1) is 5.92 Å². The lowest BCUT2D eigenvalue weighted by Gasteiger charge is -2.25. The number of imidazole rings is 1. The van der Waals surface area contributed by atoms with Crippen LogP contribution in [0.15, 0.2) is 73.1 Å². The number of aromatic amines is 1. The number of ether oxygens (including phenoxy) is 7. The van der Waals surface area contributed by atoms with E-state index in [1.807, 2.05) is 52.0 Å². The van der Waals surface area contributed by atoms with E-state index in [0.29, 0.717) is 36.4 Å². The quantitative estimate of drug-likeness (QED) is 0.0905. The number of fused-ring (bicyclic) bond motifs is 2. The Morgan fingerprint density at radius 2 is 1.90 bits per heavy atom. The zero-order chi connectivity index (χ0) is 36.2. The van der Waals surface area contributed by atoms with E-state index in [4.69, 9.17) is 33.2 Å². The number of nitrogens with zero attached hydrogens (tertiary/aromatic N) is 1. The smallest absolute Gasteiger partial charge is 0.342 e. The fourth-order valence-electron chi connectivity index (χ4n) is 5.83. The molecule has 1 saturated heterocycles. The van der Waals surface area contributed by atoms with Gasteiger partial charge in [-0.2, -0.15) is 0 Å². The topological polar surface area (TPSA) is 139 Å². The third-order valence-electron chi connectivity index (χ3n) is 8.61. The van der Waals surface area contributed by atoms with E-state index in [1.54, 1.807) is 54.9 Å². The third-order valence-corrected chi connectivity index (χ3v) is 8.61. The minimum Gasteiger partial charge on any atom is -0.493 e. The number of hydrogen-bond acceptors (Lipinski definition) is 11. The van der Waals surface area contributed by atoms with Gasteiger partial charge in [-0.3, -0.25) is 0 Å². The average Bonchev–Trinajstić information content (AvgIpc) is 3.75. The van der Waals surface area contributed by atoms with Gasteiger partial charge in [-0.05, 0) is 76.4 Å². The van der Waals surface area contributed by atoms with Crippen LogP contribution in [-0.4, -0.2) is 79.2 Å². The normalized spacial score (nSPS) is 24.3. The molecule has 5 atom stereocenters. The highest BCUT2D eigenvalue weighted by atomic mass is 16.8. The number of benzene rings is 2. The fourth-order valence-corrected chi connectivity index (χ4v) is 5.83. The van der Waals surface area contributed by atoms with Crippen LogP contribution < -0.4 is 14.8 Å². The molecule has 2 aromatic carbocycles. The molecule has 12 nitrogen and oxygen atoms in total. The zero-order valence-electron chi connectivity index (χ0n) is 30.0. The number of carbonyl (C=O) groups is 2. The summed E-state index contributed by atoms with van der Waals surface area (Å²) >= 11 is 0. The maximum atomic E-state index is 13.8. The number of aromatic nitrogens is 2. The van der Waals surface area contributed by atoms with Crippen molar-refractivity contribution in [2.45, 2.75) is 83.7 Å². The average molecular weight is 704 g/mol. The van der Waals surface area contributed by atoms with Crippen molar-refractivity contribution in [3.05, 3.63) is 95.6 Å². The van der Waals surface area contributed by atoms with Gasteiger partial charge in [-0.1, -0.05) is 43.4 Å². The van der Waals surface area contributed by atoms with Gasteiger partial charge >= 0.3 is 11.9 Å². The Bertz CT molecular complexity index is 1620. The molecule has 0 radical (unpaired) electrons. The Labute approximate surface area is 299 Å². The highest BCUT2D eigenvalue weighted by Gasteiger charge is 2.45. The van der Waals surface area contributed by atoms with Crippen molar-refractivity contribution in [1.29, 1.82) is 0 Å². The number of hydrogen-bond donors (Lipinski definition) is 2. The maximum Gasteiger partial charge on any atom is 0.342 e. The summed E-state index contributed by atoms with van der Waals surface area (Å²) in [6.07, 6.45) is 10.7. The lowest BCUT2D eigenvalue weighted by Crippen LogP contribution is -2.37. The number of methoxy groups -OCH3 is 1. The molecule has 3 aromatic rings. The second-order valence-electron chi connectivity index (χ2n) is 13.1. The minimum absolute atomic E-state index is 0.0734. The summed E-state index contributed by atoms with van der Waals surface area (Å²) in [5.74, 6) is -0.476. The van der Waals surface area contributed by atoms with Crippen molar-refractivity contribution in [2.75, 3.05) is 27.1 Å². The van der Waals surface area contributed by atoms with E-state index >= 15 is 0 Å². The minimum atomic E-state index is -0.922. The zero-order valence-corrected chi connectivity index (χ0v) is 30.0. The predicted molar refractivity (Wildman–Crippen MR) is 190 cm³/mol. The van der Waals surface area contributed by atoms with Crippen molar-refractivity contribution in [3.63, 3.8) is 0 Å². The summed E-state index contributed by atoms with van der Waals surface area (Å²) in [5.41, 5.74) is 1.24. The molecule has 0 amide bonds. The Hall–Kier alpha value is -4.49. The lowest BCUT2D eigenvalue weighted by molar-refractivity contribution is -0.152. The van der Waals surface area contributed by atoms with Crippen molar-refractivity contribution in [2.24, 2.45) is 5.92 Å². The Morgan fingerprint density at radius 1 is 1.08 bits per heavy atom. The van der Waals surface area contributed by atoms with Crippen LogP contribution >= 0.6 is 0 Å². The van der Waals surface area contributed by atoms with E-state index in [-0.39, 0.29) is 24.0 Å². The van der Waals surface area contributed by atoms with E-state index in [9.17, 15) is 9.59 Å². The summed E-state index contributed by atoms with van der Waals surface area (Å²) in [6, 6.07) is 12.3. The SMILES string of the molecule is COCOc1cc(OCCCCNCc2ncc[nH]2)cc2c1C(=O)O[C@@H](C)[C@H](C)/C=C\C(OC(=O)c1ccccc1)C1OC(C)(C)O[C@H]1C/C=C/2. The molecule has 2 aliphatic heterocycles. The highest BCUT2D eigenvalue weighted by molar-refractivity contribution is 5.97. The number of rotatable bonds is 13. The van der Waals surface area contributed by atoms with Crippen LogP contribution in [0.1, 0.15) is 79.1 Å². The van der Waals surface area contributed by atoms with Gasteiger partial charge in [0.15, 0.2) is 12.6 Å². The molecule has 1 aromatic heterocycles. The summed E-state index contributed by atoms with van der Waals surface area (Å²) < 4.78 is 42.0. The molecule has 12 heteroatoms. The lowest BCUT2D eigenvalue weighted by atomic mass is 9.98. The van der Waals surface area contributed by atoms with Crippen molar-refractivity contribution >= 4 is 18.0 Å². The van der Waals surface area contributed by atoms with Gasteiger partial charge in [0, 0.05) is 31.5 Å². The number of H-pyrrole nitrogens is 1. The largest absolute Gasteiger partial charge is 0.493 e. The molecular weight excluding hydrogens is 654 g/mol. The Kier molecular flexibility index (Phi) is 13.4. The first-order valence-electron chi connectivity index (χ1n) is 17.4. The van der Waals surface area contributed by atoms with Crippen LogP contribution in [0.3, 0.4) is 0 Å². The van der Waals surface area contributed by atoms with Crippen LogP contribution in [-0.2, 0) is 30.2 Å². The number of cyclic esters (lactones) is 1. The number of esters is 2. The first-order valence-corrected chi connectivity index (χ1v) is 17.4. The van der Waals surface area contributed by atoms with E-state index in [1.165, 1.54) is 7.11 Å². The van der Waals surface area contributed by atoms with Gasteiger partial charge in [0.2, 0.25) is 0 Å². The van der Waals surface area contributed by atoms with Gasteiger partial charge in [0.25, 0.3) is 0 Å². The molecule has 3 heterocycles.